The van der Waals surface area contributed by atoms with Gasteiger partial charge in [0.25, 0.3) is 0 Å². The van der Waals surface area contributed by atoms with E-state index in [4.69, 9.17) is 9.97 Å². The van der Waals surface area contributed by atoms with Crippen molar-refractivity contribution in [1.82, 2.24) is 19.4 Å². The van der Waals surface area contributed by atoms with E-state index >= 15 is 0 Å². The van der Waals surface area contributed by atoms with Gasteiger partial charge in [0, 0.05) is 28.0 Å². The van der Waals surface area contributed by atoms with Gasteiger partial charge in [-0.15, -0.1) is 0 Å². The highest BCUT2D eigenvalue weighted by Gasteiger charge is 2.24. The quantitative estimate of drug-likeness (QED) is 0.440. The Morgan fingerprint density at radius 3 is 2.27 bits per heavy atom. The molecule has 0 atom stereocenters. The van der Waals surface area contributed by atoms with E-state index in [-0.39, 0.29) is 16.6 Å². The summed E-state index contributed by atoms with van der Waals surface area (Å²) in [6.45, 7) is 12.7. The molecule has 0 spiro atoms. The summed E-state index contributed by atoms with van der Waals surface area (Å²) in [5.74, 6) is 0.556. The Morgan fingerprint density at radius 2 is 1.62 bits per heavy atom. The molecular weight excluding hydrogens is 327 g/mol. The largest absolute Gasteiger partial charge is 0.278 e. The summed E-state index contributed by atoms with van der Waals surface area (Å²) in [6, 6.07) is 6.73. The predicted molar refractivity (Wildman–Crippen MR) is 103 cm³/mol. The zero-order valence-electron chi connectivity index (χ0n) is 16.1. The van der Waals surface area contributed by atoms with Crippen LogP contribution < -0.4 is 0 Å². The summed E-state index contributed by atoms with van der Waals surface area (Å²) in [5, 5.41) is 0.841. The first-order valence-corrected chi connectivity index (χ1v) is 8.84. The Labute approximate surface area is 152 Å². The highest BCUT2D eigenvalue weighted by Crippen LogP contribution is 2.31. The van der Waals surface area contributed by atoms with Crippen molar-refractivity contribution in [3.63, 3.8) is 0 Å². The summed E-state index contributed by atoms with van der Waals surface area (Å²) in [6.07, 6.45) is 1.88. The number of pyridine rings is 1. The minimum Gasteiger partial charge on any atom is -0.278 e. The van der Waals surface area contributed by atoms with Crippen LogP contribution in [0.5, 0.6) is 0 Å². The first-order chi connectivity index (χ1) is 12.1. The van der Waals surface area contributed by atoms with Crippen LogP contribution in [0.3, 0.4) is 0 Å². The second-order valence-electron chi connectivity index (χ2n) is 8.93. The van der Waals surface area contributed by atoms with Gasteiger partial charge in [-0.3, -0.25) is 9.38 Å². The summed E-state index contributed by atoms with van der Waals surface area (Å²) in [5.41, 5.74) is 3.94. The lowest BCUT2D eigenvalue weighted by Crippen LogP contribution is -2.19. The van der Waals surface area contributed by atoms with Crippen molar-refractivity contribution < 1.29 is 4.39 Å². The zero-order chi connectivity index (χ0) is 18.9. The van der Waals surface area contributed by atoms with Crippen LogP contribution in [0.4, 0.5) is 4.39 Å². The predicted octanol–water partition coefficient (Wildman–Crippen LogP) is 5.16. The number of benzene rings is 1. The van der Waals surface area contributed by atoms with Crippen LogP contribution in [-0.4, -0.2) is 19.4 Å². The molecule has 0 saturated heterocycles. The molecule has 1 aromatic carbocycles. The van der Waals surface area contributed by atoms with Crippen molar-refractivity contribution in [2.75, 3.05) is 0 Å². The molecule has 0 saturated carbocycles. The fourth-order valence-corrected chi connectivity index (χ4v) is 3.24. The van der Waals surface area contributed by atoms with Gasteiger partial charge in [-0.1, -0.05) is 41.5 Å². The zero-order valence-corrected chi connectivity index (χ0v) is 16.1. The highest BCUT2D eigenvalue weighted by atomic mass is 19.1. The van der Waals surface area contributed by atoms with E-state index in [1.165, 1.54) is 12.1 Å². The Bertz CT molecular complexity index is 1160. The molecule has 0 N–H and O–H groups in total. The first kappa shape index (κ1) is 16.9. The Morgan fingerprint density at radius 1 is 0.885 bits per heavy atom. The number of hydrogen-bond donors (Lipinski definition) is 0. The molecular formula is C21H23FN4. The Hall–Kier alpha value is -2.56. The number of imidazole rings is 1. The molecule has 4 aromatic rings. The lowest BCUT2D eigenvalue weighted by molar-refractivity contribution is 0.541. The summed E-state index contributed by atoms with van der Waals surface area (Å²) >= 11 is 0. The third-order valence-corrected chi connectivity index (χ3v) is 4.62. The fourth-order valence-electron chi connectivity index (χ4n) is 3.24. The Kier molecular flexibility index (Phi) is 3.39. The molecule has 4 rings (SSSR count). The van der Waals surface area contributed by atoms with E-state index in [1.54, 1.807) is 6.07 Å². The van der Waals surface area contributed by atoms with Crippen molar-refractivity contribution in [1.29, 1.82) is 0 Å². The van der Waals surface area contributed by atoms with Crippen LogP contribution in [0.15, 0.2) is 30.5 Å². The van der Waals surface area contributed by atoms with Gasteiger partial charge in [0.15, 0.2) is 0 Å². The molecule has 0 aliphatic carbocycles. The van der Waals surface area contributed by atoms with E-state index in [9.17, 15) is 4.39 Å². The number of rotatable bonds is 0. The molecule has 134 valence electrons. The van der Waals surface area contributed by atoms with E-state index in [1.807, 2.05) is 12.3 Å². The molecule has 0 aliphatic rings. The normalized spacial score (nSPS) is 13.2. The molecule has 4 nitrogen and oxygen atoms in total. The van der Waals surface area contributed by atoms with Gasteiger partial charge in [0.05, 0.1) is 22.7 Å². The van der Waals surface area contributed by atoms with Gasteiger partial charge in [-0.05, 0) is 18.2 Å². The van der Waals surface area contributed by atoms with Crippen molar-refractivity contribution in [2.24, 2.45) is 0 Å². The minimum atomic E-state index is -0.290. The van der Waals surface area contributed by atoms with Crippen molar-refractivity contribution in [3.8, 4) is 0 Å². The Balaban J connectivity index is 2.20. The monoisotopic (exact) mass is 350 g/mol. The number of hydrogen-bond acceptors (Lipinski definition) is 3. The molecule has 0 fully saturated rings. The first-order valence-electron chi connectivity index (χ1n) is 8.84. The molecule has 3 aromatic heterocycles. The summed E-state index contributed by atoms with van der Waals surface area (Å²) in [4.78, 5) is 14.3. The van der Waals surface area contributed by atoms with Gasteiger partial charge in [-0.2, -0.15) is 0 Å². The fraction of sp³-hybridized carbons (Fsp3) is 0.381. The van der Waals surface area contributed by atoms with E-state index in [2.05, 4.69) is 50.9 Å². The van der Waals surface area contributed by atoms with Crippen LogP contribution >= 0.6 is 0 Å². The lowest BCUT2D eigenvalue weighted by atomic mass is 9.91. The molecule has 5 heteroatoms. The number of fused-ring (bicyclic) bond motifs is 5. The lowest BCUT2D eigenvalue weighted by Gasteiger charge is -2.21. The van der Waals surface area contributed by atoms with Crippen LogP contribution in [-0.2, 0) is 10.8 Å². The third-order valence-electron chi connectivity index (χ3n) is 4.62. The minimum absolute atomic E-state index is 0.0553. The van der Waals surface area contributed by atoms with Crippen molar-refractivity contribution in [2.45, 2.75) is 52.4 Å². The van der Waals surface area contributed by atoms with E-state index in [0.29, 0.717) is 5.52 Å². The van der Waals surface area contributed by atoms with Crippen LogP contribution in [0.1, 0.15) is 53.1 Å². The van der Waals surface area contributed by atoms with Gasteiger partial charge in [-0.25, -0.2) is 14.4 Å². The molecule has 0 unspecified atom stereocenters. The number of halogens is 1. The molecule has 0 aliphatic heterocycles. The number of aromatic nitrogens is 4. The molecule has 0 radical (unpaired) electrons. The van der Waals surface area contributed by atoms with Crippen LogP contribution in [0, 0.1) is 5.82 Å². The van der Waals surface area contributed by atoms with Gasteiger partial charge in [0.1, 0.15) is 17.3 Å². The van der Waals surface area contributed by atoms with Gasteiger partial charge in [0.2, 0.25) is 0 Å². The summed E-state index contributed by atoms with van der Waals surface area (Å²) in [7, 11) is 0. The van der Waals surface area contributed by atoms with Crippen LogP contribution in [0.2, 0.25) is 0 Å². The SMILES string of the molecule is CC(C)(C)c1cc2nc3c4ccc(F)cc4nc(C(C)(C)C)n3c2cn1. The van der Waals surface area contributed by atoms with Gasteiger partial charge >= 0.3 is 0 Å². The van der Waals surface area contributed by atoms with E-state index in [0.717, 1.165) is 33.6 Å². The molecule has 26 heavy (non-hydrogen) atoms. The molecule has 0 amide bonds. The van der Waals surface area contributed by atoms with Crippen molar-refractivity contribution >= 4 is 27.6 Å². The summed E-state index contributed by atoms with van der Waals surface area (Å²) < 4.78 is 15.8. The average molecular weight is 350 g/mol. The molecule has 3 heterocycles. The third kappa shape index (κ3) is 2.54. The second kappa shape index (κ2) is 5.22. The maximum absolute atomic E-state index is 13.8. The van der Waals surface area contributed by atoms with Crippen LogP contribution in [0.25, 0.3) is 27.6 Å². The van der Waals surface area contributed by atoms with Gasteiger partial charge < -0.3 is 0 Å². The standard InChI is InChI=1S/C21H23FN4/c1-20(2,3)17-10-15-16(11-23-17)26-18(24-15)13-8-7-12(22)9-14(13)25-19(26)21(4,5)6/h7-11H,1-6H3. The maximum Gasteiger partial charge on any atom is 0.148 e. The van der Waals surface area contributed by atoms with Crippen molar-refractivity contribution in [3.05, 3.63) is 47.8 Å². The maximum atomic E-state index is 13.8. The molecule has 0 bridgehead atoms. The topological polar surface area (TPSA) is 43.1 Å². The average Bonchev–Trinajstić information content (AvgIpc) is 2.90. The smallest absolute Gasteiger partial charge is 0.148 e. The second-order valence-corrected chi connectivity index (χ2v) is 8.93. The van der Waals surface area contributed by atoms with E-state index < -0.39 is 0 Å². The highest BCUT2D eigenvalue weighted by molar-refractivity contribution is 5.96. The number of nitrogens with zero attached hydrogens (tertiary/aromatic N) is 4.